The van der Waals surface area contributed by atoms with Gasteiger partial charge in [-0.2, -0.15) is 13.2 Å². The van der Waals surface area contributed by atoms with Crippen LogP contribution in [0.5, 0.6) is 0 Å². The molecule has 0 aromatic heterocycles. The van der Waals surface area contributed by atoms with Crippen molar-refractivity contribution in [3.63, 3.8) is 0 Å². The second-order valence-electron chi connectivity index (χ2n) is 5.88. The Morgan fingerprint density at radius 3 is 2.29 bits per heavy atom. The number of amides is 1. The zero-order valence-electron chi connectivity index (χ0n) is 10.6. The highest BCUT2D eigenvalue weighted by Gasteiger charge is 2.46. The molecule has 0 N–H and O–H groups in total. The number of piperidine rings is 1. The van der Waals surface area contributed by atoms with Crippen molar-refractivity contribution in [2.24, 2.45) is 5.41 Å². The van der Waals surface area contributed by atoms with E-state index < -0.39 is 12.2 Å². The number of carbonyl (C=O) groups is 1. The van der Waals surface area contributed by atoms with Crippen LogP contribution in [-0.4, -0.2) is 29.6 Å². The molecule has 1 heterocycles. The molecule has 0 aromatic carbocycles. The summed E-state index contributed by atoms with van der Waals surface area (Å²) in [4.78, 5) is 12.9. The fourth-order valence-electron chi connectivity index (χ4n) is 2.13. The number of hydrogen-bond acceptors (Lipinski definition) is 1. The van der Waals surface area contributed by atoms with Gasteiger partial charge in [-0.05, 0) is 24.7 Å². The lowest BCUT2D eigenvalue weighted by Crippen LogP contribution is -2.51. The van der Waals surface area contributed by atoms with E-state index in [1.165, 1.54) is 0 Å². The summed E-state index contributed by atoms with van der Waals surface area (Å²) < 4.78 is 38.4. The molecule has 1 saturated heterocycles. The Morgan fingerprint density at radius 2 is 1.82 bits per heavy atom. The summed E-state index contributed by atoms with van der Waals surface area (Å²) in [5, 5.41) is 0. The monoisotopic (exact) mass is 251 g/mol. The molecule has 0 bridgehead atoms. The number of nitrogens with zero attached hydrogens (tertiary/aromatic N) is 1. The molecular formula is C12H20F3NO. The largest absolute Gasteiger partial charge is 0.408 e. The Bertz CT molecular complexity index is 280. The maximum atomic E-state index is 12.8. The van der Waals surface area contributed by atoms with Crippen LogP contribution in [0.3, 0.4) is 0 Å². The average Bonchev–Trinajstić information content (AvgIpc) is 2.13. The summed E-state index contributed by atoms with van der Waals surface area (Å²) in [5.41, 5.74) is -0.273. The van der Waals surface area contributed by atoms with Gasteiger partial charge in [-0.15, -0.1) is 0 Å². The van der Waals surface area contributed by atoms with Crippen LogP contribution in [0.4, 0.5) is 13.2 Å². The standard InChI is InChI=1S/C12H20F3NO/c1-11(2,3)8-10(17)16-7-5-4-6-9(16)12(13,14)15/h9H,4-8H2,1-3H3. The molecule has 0 radical (unpaired) electrons. The Balaban J connectivity index is 2.75. The van der Waals surface area contributed by atoms with Crippen molar-refractivity contribution in [1.82, 2.24) is 4.90 Å². The van der Waals surface area contributed by atoms with Gasteiger partial charge in [-0.1, -0.05) is 20.8 Å². The van der Waals surface area contributed by atoms with E-state index in [4.69, 9.17) is 0 Å². The molecule has 0 saturated carbocycles. The van der Waals surface area contributed by atoms with Gasteiger partial charge in [0.25, 0.3) is 0 Å². The smallest absolute Gasteiger partial charge is 0.331 e. The molecule has 1 fully saturated rings. The number of rotatable bonds is 1. The quantitative estimate of drug-likeness (QED) is 0.699. The highest BCUT2D eigenvalue weighted by atomic mass is 19.4. The minimum atomic E-state index is -4.30. The van der Waals surface area contributed by atoms with Gasteiger partial charge in [-0.3, -0.25) is 4.79 Å². The normalized spacial score (nSPS) is 22.7. The van der Waals surface area contributed by atoms with Crippen LogP contribution in [0.1, 0.15) is 46.5 Å². The molecule has 0 spiro atoms. The maximum absolute atomic E-state index is 12.8. The van der Waals surface area contributed by atoms with E-state index in [0.717, 1.165) is 4.90 Å². The fraction of sp³-hybridized carbons (Fsp3) is 0.917. The van der Waals surface area contributed by atoms with Crippen molar-refractivity contribution in [3.05, 3.63) is 0 Å². The second-order valence-corrected chi connectivity index (χ2v) is 5.88. The van der Waals surface area contributed by atoms with Crippen LogP contribution in [-0.2, 0) is 4.79 Å². The van der Waals surface area contributed by atoms with Crippen molar-refractivity contribution in [2.45, 2.75) is 58.7 Å². The zero-order valence-corrected chi connectivity index (χ0v) is 10.6. The van der Waals surface area contributed by atoms with Crippen molar-refractivity contribution in [2.75, 3.05) is 6.54 Å². The van der Waals surface area contributed by atoms with Gasteiger partial charge in [-0.25, -0.2) is 0 Å². The van der Waals surface area contributed by atoms with Crippen LogP contribution in [0, 0.1) is 5.41 Å². The van der Waals surface area contributed by atoms with Crippen LogP contribution < -0.4 is 0 Å². The van der Waals surface area contributed by atoms with Crippen molar-refractivity contribution >= 4 is 5.91 Å². The first-order valence-electron chi connectivity index (χ1n) is 5.97. The van der Waals surface area contributed by atoms with Gasteiger partial charge < -0.3 is 4.90 Å². The number of alkyl halides is 3. The lowest BCUT2D eigenvalue weighted by Gasteiger charge is -2.38. The van der Waals surface area contributed by atoms with E-state index in [-0.39, 0.29) is 30.7 Å². The number of halogens is 3. The number of likely N-dealkylation sites (tertiary alicyclic amines) is 1. The van der Waals surface area contributed by atoms with E-state index in [1.807, 2.05) is 20.8 Å². The summed E-state index contributed by atoms with van der Waals surface area (Å²) in [6.07, 6.45) is -2.88. The van der Waals surface area contributed by atoms with E-state index in [9.17, 15) is 18.0 Å². The van der Waals surface area contributed by atoms with Gasteiger partial charge in [0.05, 0.1) is 0 Å². The first-order valence-corrected chi connectivity index (χ1v) is 5.97. The minimum absolute atomic E-state index is 0.0411. The third-order valence-electron chi connectivity index (χ3n) is 2.88. The maximum Gasteiger partial charge on any atom is 0.408 e. The molecule has 1 aliphatic rings. The van der Waals surface area contributed by atoms with Crippen LogP contribution in [0.15, 0.2) is 0 Å². The van der Waals surface area contributed by atoms with Gasteiger partial charge >= 0.3 is 6.18 Å². The Labute approximate surface area is 100 Å². The molecular weight excluding hydrogens is 231 g/mol. The third kappa shape index (κ3) is 4.21. The van der Waals surface area contributed by atoms with Crippen molar-refractivity contribution in [3.8, 4) is 0 Å². The molecule has 2 nitrogen and oxygen atoms in total. The van der Waals surface area contributed by atoms with E-state index in [2.05, 4.69) is 0 Å². The van der Waals surface area contributed by atoms with Gasteiger partial charge in [0.1, 0.15) is 6.04 Å². The molecule has 5 heteroatoms. The van der Waals surface area contributed by atoms with E-state index >= 15 is 0 Å². The fourth-order valence-corrected chi connectivity index (χ4v) is 2.13. The summed E-state index contributed by atoms with van der Waals surface area (Å²) >= 11 is 0. The van der Waals surface area contributed by atoms with Gasteiger partial charge in [0.2, 0.25) is 5.91 Å². The van der Waals surface area contributed by atoms with Crippen LogP contribution in [0.2, 0.25) is 0 Å². The molecule has 1 amide bonds. The Morgan fingerprint density at radius 1 is 1.24 bits per heavy atom. The molecule has 1 rings (SSSR count). The Kier molecular flexibility index (Phi) is 4.10. The summed E-state index contributed by atoms with van der Waals surface area (Å²) in [6, 6.07) is -1.58. The molecule has 17 heavy (non-hydrogen) atoms. The second kappa shape index (κ2) is 4.86. The first-order chi connectivity index (χ1) is 7.61. The Hall–Kier alpha value is -0.740. The van der Waals surface area contributed by atoms with Crippen molar-refractivity contribution in [1.29, 1.82) is 0 Å². The first kappa shape index (κ1) is 14.3. The topological polar surface area (TPSA) is 20.3 Å². The van der Waals surface area contributed by atoms with Crippen LogP contribution >= 0.6 is 0 Å². The predicted octanol–water partition coefficient (Wildman–Crippen LogP) is 3.37. The number of hydrogen-bond donors (Lipinski definition) is 0. The van der Waals surface area contributed by atoms with E-state index in [0.29, 0.717) is 12.8 Å². The average molecular weight is 251 g/mol. The molecule has 100 valence electrons. The molecule has 0 aromatic rings. The number of carbonyl (C=O) groups excluding carboxylic acids is 1. The zero-order chi connectivity index (χ0) is 13.3. The lowest BCUT2D eigenvalue weighted by molar-refractivity contribution is -0.196. The summed E-state index contributed by atoms with van der Waals surface area (Å²) in [6.45, 7) is 5.81. The predicted molar refractivity (Wildman–Crippen MR) is 59.5 cm³/mol. The lowest BCUT2D eigenvalue weighted by atomic mass is 9.90. The van der Waals surface area contributed by atoms with Crippen LogP contribution in [0.25, 0.3) is 0 Å². The summed E-state index contributed by atoms with van der Waals surface area (Å²) in [7, 11) is 0. The molecule has 1 aliphatic heterocycles. The van der Waals surface area contributed by atoms with Gasteiger partial charge in [0, 0.05) is 13.0 Å². The minimum Gasteiger partial charge on any atom is -0.331 e. The third-order valence-corrected chi connectivity index (χ3v) is 2.88. The van der Waals surface area contributed by atoms with Gasteiger partial charge in [0.15, 0.2) is 0 Å². The molecule has 1 atom stereocenters. The van der Waals surface area contributed by atoms with E-state index in [1.54, 1.807) is 0 Å². The summed E-state index contributed by atoms with van der Waals surface area (Å²) in [5.74, 6) is -0.375. The molecule has 1 unspecified atom stereocenters. The highest BCUT2D eigenvalue weighted by Crippen LogP contribution is 2.33. The van der Waals surface area contributed by atoms with Crippen molar-refractivity contribution < 1.29 is 18.0 Å². The highest BCUT2D eigenvalue weighted by molar-refractivity contribution is 5.77. The SMILES string of the molecule is CC(C)(C)CC(=O)N1CCCCC1C(F)(F)F. The molecule has 0 aliphatic carbocycles.